The van der Waals surface area contributed by atoms with E-state index in [1.165, 1.54) is 14.2 Å². The van der Waals surface area contributed by atoms with Gasteiger partial charge in [0.25, 0.3) is 5.91 Å². The first-order valence-corrected chi connectivity index (χ1v) is 10.2. The number of ether oxygens (including phenoxy) is 4. The molecule has 0 saturated carbocycles. The summed E-state index contributed by atoms with van der Waals surface area (Å²) in [5.74, 6) is 1.87. The molecular formula is C26H25NO5. The lowest BCUT2D eigenvalue weighted by Crippen LogP contribution is -2.23. The second-order valence-corrected chi connectivity index (χ2v) is 7.25. The molecule has 0 radical (unpaired) electrons. The Morgan fingerprint density at radius 1 is 0.812 bits per heavy atom. The van der Waals surface area contributed by atoms with Crippen LogP contribution in [0.25, 0.3) is 11.8 Å². The van der Waals surface area contributed by atoms with Gasteiger partial charge in [-0.3, -0.25) is 4.79 Å². The SMILES string of the molecule is COc1ccc(CN2C(=O)c3c(cc(OC)c(OC)c3OC)/C2=C\c2ccccc2)cc1. The summed E-state index contributed by atoms with van der Waals surface area (Å²) in [6.07, 6.45) is 2.00. The number of carbonyl (C=O) groups excluding carboxylic acids is 1. The van der Waals surface area contributed by atoms with Crippen molar-refractivity contribution in [2.45, 2.75) is 6.54 Å². The van der Waals surface area contributed by atoms with E-state index in [0.29, 0.717) is 29.4 Å². The number of amides is 1. The molecule has 32 heavy (non-hydrogen) atoms. The Labute approximate surface area is 187 Å². The van der Waals surface area contributed by atoms with E-state index in [0.717, 1.165) is 28.1 Å². The molecule has 0 bridgehead atoms. The van der Waals surface area contributed by atoms with Crippen molar-refractivity contribution in [2.24, 2.45) is 0 Å². The Balaban J connectivity index is 1.88. The molecule has 0 saturated heterocycles. The molecule has 0 aromatic heterocycles. The molecular weight excluding hydrogens is 406 g/mol. The van der Waals surface area contributed by atoms with E-state index in [9.17, 15) is 4.79 Å². The lowest BCUT2D eigenvalue weighted by molar-refractivity contribution is 0.0840. The number of hydrogen-bond acceptors (Lipinski definition) is 5. The molecule has 6 heteroatoms. The molecule has 1 aliphatic rings. The van der Waals surface area contributed by atoms with Crippen LogP contribution in [0.15, 0.2) is 60.7 Å². The van der Waals surface area contributed by atoms with Crippen LogP contribution in [0.3, 0.4) is 0 Å². The van der Waals surface area contributed by atoms with E-state index in [-0.39, 0.29) is 5.91 Å². The summed E-state index contributed by atoms with van der Waals surface area (Å²) in [7, 11) is 6.25. The minimum absolute atomic E-state index is 0.157. The number of rotatable bonds is 7. The van der Waals surface area contributed by atoms with Crippen LogP contribution in [-0.2, 0) is 6.54 Å². The predicted octanol–water partition coefficient (Wildman–Crippen LogP) is 4.88. The first kappa shape index (κ1) is 21.3. The largest absolute Gasteiger partial charge is 0.497 e. The highest BCUT2D eigenvalue weighted by Gasteiger charge is 2.38. The molecule has 164 valence electrons. The molecule has 1 amide bonds. The van der Waals surface area contributed by atoms with Gasteiger partial charge in [0.05, 0.1) is 46.2 Å². The molecule has 0 N–H and O–H groups in total. The minimum atomic E-state index is -0.157. The van der Waals surface area contributed by atoms with Crippen molar-refractivity contribution in [1.82, 2.24) is 4.90 Å². The van der Waals surface area contributed by atoms with E-state index in [2.05, 4.69) is 0 Å². The average molecular weight is 431 g/mol. The maximum absolute atomic E-state index is 13.7. The van der Waals surface area contributed by atoms with Crippen molar-refractivity contribution in [1.29, 1.82) is 0 Å². The smallest absolute Gasteiger partial charge is 0.263 e. The summed E-state index contributed by atoms with van der Waals surface area (Å²) >= 11 is 0. The normalized spacial score (nSPS) is 13.8. The van der Waals surface area contributed by atoms with E-state index >= 15 is 0 Å². The third kappa shape index (κ3) is 3.75. The summed E-state index contributed by atoms with van der Waals surface area (Å²) < 4.78 is 21.9. The Morgan fingerprint density at radius 3 is 2.09 bits per heavy atom. The molecule has 3 aromatic carbocycles. The monoisotopic (exact) mass is 431 g/mol. The summed E-state index contributed by atoms with van der Waals surface area (Å²) in [4.78, 5) is 15.4. The van der Waals surface area contributed by atoms with Crippen molar-refractivity contribution in [3.05, 3.63) is 82.9 Å². The lowest BCUT2D eigenvalue weighted by atomic mass is 10.0. The van der Waals surface area contributed by atoms with Crippen LogP contribution in [-0.4, -0.2) is 39.2 Å². The molecule has 3 aromatic rings. The highest BCUT2D eigenvalue weighted by molar-refractivity contribution is 6.14. The van der Waals surface area contributed by atoms with Gasteiger partial charge in [-0.05, 0) is 35.4 Å². The van der Waals surface area contributed by atoms with Crippen LogP contribution in [0.2, 0.25) is 0 Å². The number of methoxy groups -OCH3 is 4. The van der Waals surface area contributed by atoms with Crippen LogP contribution in [0, 0.1) is 0 Å². The Kier molecular flexibility index (Phi) is 6.03. The van der Waals surface area contributed by atoms with Gasteiger partial charge in [-0.15, -0.1) is 0 Å². The molecule has 6 nitrogen and oxygen atoms in total. The van der Waals surface area contributed by atoms with Crippen molar-refractivity contribution >= 4 is 17.7 Å². The summed E-state index contributed by atoms with van der Waals surface area (Å²) in [6.45, 7) is 0.393. The third-order valence-electron chi connectivity index (χ3n) is 5.46. The van der Waals surface area contributed by atoms with Crippen molar-refractivity contribution in [3.8, 4) is 23.0 Å². The van der Waals surface area contributed by atoms with Gasteiger partial charge in [0.2, 0.25) is 5.75 Å². The van der Waals surface area contributed by atoms with E-state index in [1.54, 1.807) is 19.1 Å². The minimum Gasteiger partial charge on any atom is -0.497 e. The third-order valence-corrected chi connectivity index (χ3v) is 5.46. The first-order chi connectivity index (χ1) is 15.6. The van der Waals surface area contributed by atoms with Gasteiger partial charge in [-0.1, -0.05) is 42.5 Å². The Hall–Kier alpha value is -3.93. The standard InChI is InChI=1S/C26H25NO5/c1-29-19-12-10-18(11-13-19)16-27-21(14-17-8-6-5-7-9-17)20-15-22(30-2)24(31-3)25(32-4)23(20)26(27)28/h5-15H,16H2,1-4H3/b21-14+. The van der Waals surface area contributed by atoms with Crippen LogP contribution < -0.4 is 18.9 Å². The van der Waals surface area contributed by atoms with Gasteiger partial charge in [0, 0.05) is 5.56 Å². The summed E-state index contributed by atoms with van der Waals surface area (Å²) in [5.41, 5.74) is 3.93. The number of benzene rings is 3. The molecule has 0 aliphatic carbocycles. The van der Waals surface area contributed by atoms with E-state index in [1.807, 2.05) is 66.7 Å². The maximum Gasteiger partial charge on any atom is 0.263 e. The van der Waals surface area contributed by atoms with Gasteiger partial charge >= 0.3 is 0 Å². The zero-order valence-corrected chi connectivity index (χ0v) is 18.5. The molecule has 0 spiro atoms. The fourth-order valence-electron chi connectivity index (χ4n) is 3.89. The molecule has 0 unspecified atom stereocenters. The molecule has 1 aliphatic heterocycles. The maximum atomic E-state index is 13.7. The average Bonchev–Trinajstić information content (AvgIpc) is 3.09. The summed E-state index contributed by atoms with van der Waals surface area (Å²) in [5, 5.41) is 0. The zero-order chi connectivity index (χ0) is 22.7. The highest BCUT2D eigenvalue weighted by atomic mass is 16.5. The summed E-state index contributed by atoms with van der Waals surface area (Å²) in [6, 6.07) is 19.4. The van der Waals surface area contributed by atoms with Crippen LogP contribution >= 0.6 is 0 Å². The van der Waals surface area contributed by atoms with Crippen molar-refractivity contribution < 1.29 is 23.7 Å². The highest BCUT2D eigenvalue weighted by Crippen LogP contribution is 2.49. The van der Waals surface area contributed by atoms with Crippen LogP contribution in [0.1, 0.15) is 27.0 Å². The molecule has 0 fully saturated rings. The van der Waals surface area contributed by atoms with Crippen LogP contribution in [0.4, 0.5) is 0 Å². The molecule has 1 heterocycles. The zero-order valence-electron chi connectivity index (χ0n) is 18.5. The lowest BCUT2D eigenvalue weighted by Gasteiger charge is -2.19. The second kappa shape index (κ2) is 9.06. The predicted molar refractivity (Wildman–Crippen MR) is 123 cm³/mol. The second-order valence-electron chi connectivity index (χ2n) is 7.25. The number of fused-ring (bicyclic) bond motifs is 1. The molecule has 4 rings (SSSR count). The van der Waals surface area contributed by atoms with Gasteiger partial charge in [0.15, 0.2) is 11.5 Å². The Morgan fingerprint density at radius 2 is 1.50 bits per heavy atom. The Bertz CT molecular complexity index is 1150. The van der Waals surface area contributed by atoms with Gasteiger partial charge in [-0.25, -0.2) is 0 Å². The number of carbonyl (C=O) groups is 1. The van der Waals surface area contributed by atoms with Crippen molar-refractivity contribution in [2.75, 3.05) is 28.4 Å². The molecule has 0 atom stereocenters. The van der Waals surface area contributed by atoms with E-state index < -0.39 is 0 Å². The number of hydrogen-bond donors (Lipinski definition) is 0. The van der Waals surface area contributed by atoms with Gasteiger partial charge in [-0.2, -0.15) is 0 Å². The van der Waals surface area contributed by atoms with Crippen molar-refractivity contribution in [3.63, 3.8) is 0 Å². The van der Waals surface area contributed by atoms with E-state index in [4.69, 9.17) is 18.9 Å². The topological polar surface area (TPSA) is 57.2 Å². The van der Waals surface area contributed by atoms with Gasteiger partial charge < -0.3 is 23.8 Å². The first-order valence-electron chi connectivity index (χ1n) is 10.2. The van der Waals surface area contributed by atoms with Crippen LogP contribution in [0.5, 0.6) is 23.0 Å². The van der Waals surface area contributed by atoms with Gasteiger partial charge in [0.1, 0.15) is 5.75 Å². The quantitative estimate of drug-likeness (QED) is 0.534. The number of nitrogens with zero attached hydrogens (tertiary/aromatic N) is 1. The fourth-order valence-corrected chi connectivity index (χ4v) is 3.89. The fraction of sp³-hybridized carbons (Fsp3) is 0.192.